The van der Waals surface area contributed by atoms with Crippen LogP contribution < -0.4 is 4.90 Å². The smallest absolute Gasteiger partial charge is 0.225 e. The van der Waals surface area contributed by atoms with Crippen LogP contribution in [0.1, 0.15) is 31.3 Å². The van der Waals surface area contributed by atoms with Crippen molar-refractivity contribution in [3.8, 4) is 0 Å². The lowest BCUT2D eigenvalue weighted by Crippen LogP contribution is -2.28. The van der Waals surface area contributed by atoms with Gasteiger partial charge in [0.25, 0.3) is 0 Å². The highest BCUT2D eigenvalue weighted by Gasteiger charge is 2.15. The Morgan fingerprint density at radius 3 is 2.59 bits per heavy atom. The molecule has 0 spiro atoms. The summed E-state index contributed by atoms with van der Waals surface area (Å²) in [6.45, 7) is 8.89. The summed E-state index contributed by atoms with van der Waals surface area (Å²) in [6, 6.07) is 4.00. The molecular formula is C15H20ClN3OS2. The maximum atomic E-state index is 11.6. The molecule has 0 atom stereocenters. The second-order valence-electron chi connectivity index (χ2n) is 4.89. The summed E-state index contributed by atoms with van der Waals surface area (Å²) in [5.41, 5.74) is 1.00. The first-order valence-electron chi connectivity index (χ1n) is 7.22. The first kappa shape index (κ1) is 17.4. The molecule has 0 aliphatic rings. The van der Waals surface area contributed by atoms with E-state index < -0.39 is 0 Å². The van der Waals surface area contributed by atoms with Crippen LogP contribution >= 0.6 is 34.3 Å². The zero-order valence-corrected chi connectivity index (χ0v) is 15.4. The minimum Gasteiger partial charge on any atom is -0.293 e. The number of thiazole rings is 1. The Balaban J connectivity index is 2.02. The van der Waals surface area contributed by atoms with E-state index in [1.807, 2.05) is 18.4 Å². The molecule has 0 aliphatic heterocycles. The van der Waals surface area contributed by atoms with Crippen LogP contribution in [0.15, 0.2) is 17.5 Å². The van der Waals surface area contributed by atoms with Gasteiger partial charge in [0, 0.05) is 36.8 Å². The van der Waals surface area contributed by atoms with Crippen LogP contribution in [0.2, 0.25) is 4.34 Å². The first-order valence-corrected chi connectivity index (χ1v) is 9.30. The highest BCUT2D eigenvalue weighted by atomic mass is 35.5. The average molecular weight is 358 g/mol. The quantitative estimate of drug-likeness (QED) is 0.743. The zero-order chi connectivity index (χ0) is 16.1. The molecular weight excluding hydrogens is 338 g/mol. The number of hydrogen-bond acceptors (Lipinski definition) is 5. The molecule has 22 heavy (non-hydrogen) atoms. The number of aromatic nitrogens is 1. The number of hydrogen-bond donors (Lipinski definition) is 0. The van der Waals surface area contributed by atoms with Gasteiger partial charge in [0.15, 0.2) is 5.13 Å². The maximum Gasteiger partial charge on any atom is 0.225 e. The van der Waals surface area contributed by atoms with E-state index in [4.69, 9.17) is 11.6 Å². The zero-order valence-electron chi connectivity index (χ0n) is 13.0. The minimum absolute atomic E-state index is 0.0315. The standard InChI is InChI=1S/C15H20ClN3OS2/c1-4-18(9-13-6-7-14(16)22-13)8-12-10-21-15(17-12)19(5-2)11(3)20/h6-7,10H,4-5,8-9H2,1-3H3. The number of rotatable bonds is 7. The van der Waals surface area contributed by atoms with Crippen molar-refractivity contribution < 1.29 is 4.79 Å². The Hall–Kier alpha value is -0.950. The number of carbonyl (C=O) groups excluding carboxylic acids is 1. The molecule has 0 unspecified atom stereocenters. The van der Waals surface area contributed by atoms with Gasteiger partial charge in [0.1, 0.15) is 0 Å². The fourth-order valence-corrected chi connectivity index (χ4v) is 4.20. The third kappa shape index (κ3) is 4.52. The molecule has 0 saturated carbocycles. The summed E-state index contributed by atoms with van der Waals surface area (Å²) in [7, 11) is 0. The second kappa shape index (κ2) is 8.06. The van der Waals surface area contributed by atoms with Crippen LogP contribution in [-0.2, 0) is 17.9 Å². The molecule has 1 amide bonds. The van der Waals surface area contributed by atoms with E-state index in [-0.39, 0.29) is 5.91 Å². The Kier molecular flexibility index (Phi) is 6.37. The lowest BCUT2D eigenvalue weighted by atomic mass is 10.3. The van der Waals surface area contributed by atoms with Crippen LogP contribution in [0, 0.1) is 0 Å². The van der Waals surface area contributed by atoms with Gasteiger partial charge in [0.05, 0.1) is 10.0 Å². The van der Waals surface area contributed by atoms with Gasteiger partial charge in [-0.3, -0.25) is 14.6 Å². The molecule has 0 aromatic carbocycles. The molecule has 7 heteroatoms. The van der Waals surface area contributed by atoms with E-state index in [9.17, 15) is 4.79 Å². The average Bonchev–Trinajstić information content (AvgIpc) is 3.08. The SMILES string of the molecule is CCN(Cc1csc(N(CC)C(C)=O)n1)Cc1ccc(Cl)s1. The van der Waals surface area contributed by atoms with Crippen molar-refractivity contribution >= 4 is 45.3 Å². The molecule has 4 nitrogen and oxygen atoms in total. The molecule has 0 aliphatic carbocycles. The molecule has 2 aromatic rings. The van der Waals surface area contributed by atoms with Crippen molar-refractivity contribution in [1.29, 1.82) is 0 Å². The number of amides is 1. The van der Waals surface area contributed by atoms with Crippen molar-refractivity contribution in [3.05, 3.63) is 32.4 Å². The van der Waals surface area contributed by atoms with Crippen LogP contribution in [0.4, 0.5) is 5.13 Å². The van der Waals surface area contributed by atoms with Crippen LogP contribution in [0.3, 0.4) is 0 Å². The lowest BCUT2D eigenvalue weighted by molar-refractivity contribution is -0.116. The first-order chi connectivity index (χ1) is 10.5. The van der Waals surface area contributed by atoms with Gasteiger partial charge in [-0.05, 0) is 25.6 Å². The van der Waals surface area contributed by atoms with Gasteiger partial charge in [-0.2, -0.15) is 0 Å². The number of thiophene rings is 1. The van der Waals surface area contributed by atoms with Crippen molar-refractivity contribution in [1.82, 2.24) is 9.88 Å². The van der Waals surface area contributed by atoms with E-state index >= 15 is 0 Å². The van der Waals surface area contributed by atoms with Gasteiger partial charge < -0.3 is 0 Å². The summed E-state index contributed by atoms with van der Waals surface area (Å²) in [5.74, 6) is 0.0315. The topological polar surface area (TPSA) is 36.4 Å². The van der Waals surface area contributed by atoms with Gasteiger partial charge in [0.2, 0.25) is 5.91 Å². The monoisotopic (exact) mass is 357 g/mol. The molecule has 2 aromatic heterocycles. The predicted octanol–water partition coefficient (Wildman–Crippen LogP) is 4.25. The number of carbonyl (C=O) groups is 1. The summed E-state index contributed by atoms with van der Waals surface area (Å²) in [6.07, 6.45) is 0. The lowest BCUT2D eigenvalue weighted by Gasteiger charge is -2.18. The van der Waals surface area contributed by atoms with E-state index in [2.05, 4.69) is 22.9 Å². The number of halogens is 1. The Labute approximate surface area is 144 Å². The normalized spacial score (nSPS) is 11.1. The molecule has 0 N–H and O–H groups in total. The van der Waals surface area contributed by atoms with Crippen molar-refractivity contribution in [2.24, 2.45) is 0 Å². The fourth-order valence-electron chi connectivity index (χ4n) is 2.15. The van der Waals surface area contributed by atoms with E-state index in [1.54, 1.807) is 23.2 Å². The summed E-state index contributed by atoms with van der Waals surface area (Å²) in [4.78, 5) is 21.4. The highest BCUT2D eigenvalue weighted by Crippen LogP contribution is 2.25. The third-order valence-corrected chi connectivity index (χ3v) is 5.44. The predicted molar refractivity (Wildman–Crippen MR) is 94.9 cm³/mol. The third-order valence-electron chi connectivity index (χ3n) is 3.31. The van der Waals surface area contributed by atoms with Crippen molar-refractivity contribution in [3.63, 3.8) is 0 Å². The number of nitrogens with zero attached hydrogens (tertiary/aromatic N) is 3. The molecule has 2 heterocycles. The van der Waals surface area contributed by atoms with E-state index in [0.29, 0.717) is 6.54 Å². The van der Waals surface area contributed by atoms with Crippen LogP contribution in [0.5, 0.6) is 0 Å². The van der Waals surface area contributed by atoms with Crippen molar-refractivity contribution in [2.45, 2.75) is 33.9 Å². The Morgan fingerprint density at radius 2 is 2.05 bits per heavy atom. The summed E-state index contributed by atoms with van der Waals surface area (Å²) in [5, 5.41) is 2.81. The molecule has 0 radical (unpaired) electrons. The molecule has 0 fully saturated rings. The fraction of sp³-hybridized carbons (Fsp3) is 0.467. The van der Waals surface area contributed by atoms with E-state index in [0.717, 1.165) is 34.8 Å². The highest BCUT2D eigenvalue weighted by molar-refractivity contribution is 7.16. The summed E-state index contributed by atoms with van der Waals surface area (Å²) < 4.78 is 0.821. The largest absolute Gasteiger partial charge is 0.293 e. The van der Waals surface area contributed by atoms with Gasteiger partial charge >= 0.3 is 0 Å². The molecule has 2 rings (SSSR count). The van der Waals surface area contributed by atoms with Crippen molar-refractivity contribution in [2.75, 3.05) is 18.0 Å². The van der Waals surface area contributed by atoms with E-state index in [1.165, 1.54) is 16.2 Å². The van der Waals surface area contributed by atoms with Crippen LogP contribution in [0.25, 0.3) is 0 Å². The molecule has 0 bridgehead atoms. The van der Waals surface area contributed by atoms with Gasteiger partial charge in [-0.25, -0.2) is 4.98 Å². The van der Waals surface area contributed by atoms with Gasteiger partial charge in [-0.1, -0.05) is 18.5 Å². The maximum absolute atomic E-state index is 11.6. The Morgan fingerprint density at radius 1 is 1.27 bits per heavy atom. The second-order valence-corrected chi connectivity index (χ2v) is 7.53. The van der Waals surface area contributed by atoms with Gasteiger partial charge in [-0.15, -0.1) is 22.7 Å². The Bertz CT molecular complexity index is 626. The van der Waals surface area contributed by atoms with Crippen LogP contribution in [-0.4, -0.2) is 28.9 Å². The molecule has 120 valence electrons. The summed E-state index contributed by atoms with van der Waals surface area (Å²) >= 11 is 9.12. The number of anilines is 1. The minimum atomic E-state index is 0.0315. The molecule has 0 saturated heterocycles.